The smallest absolute Gasteiger partial charge is 0.194 e. The zero-order chi connectivity index (χ0) is 15.6. The van der Waals surface area contributed by atoms with Crippen molar-refractivity contribution in [3.63, 3.8) is 0 Å². The Hall–Kier alpha value is -1.52. The van der Waals surface area contributed by atoms with Crippen LogP contribution in [-0.2, 0) is 6.54 Å². The zero-order valence-electron chi connectivity index (χ0n) is 11.7. The molecule has 1 nitrogen and oxygen atoms in total. The Balaban J connectivity index is 2.33. The third-order valence-corrected chi connectivity index (χ3v) is 3.36. The predicted octanol–water partition coefficient (Wildman–Crippen LogP) is 4.92. The van der Waals surface area contributed by atoms with Gasteiger partial charge in [-0.1, -0.05) is 37.6 Å². The molecule has 0 aromatic heterocycles. The lowest BCUT2D eigenvalue weighted by Crippen LogP contribution is -2.21. The lowest BCUT2D eigenvalue weighted by atomic mass is 10.0. The third-order valence-electron chi connectivity index (χ3n) is 3.04. The van der Waals surface area contributed by atoms with Crippen LogP contribution in [0.2, 0.25) is 5.02 Å². The molecule has 2 aromatic rings. The first-order valence-corrected chi connectivity index (χ1v) is 6.93. The number of halogens is 4. The molecule has 5 heteroatoms. The Labute approximate surface area is 126 Å². The average Bonchev–Trinajstić information content (AvgIpc) is 2.42. The molecule has 0 radical (unpaired) electrons. The second-order valence-corrected chi connectivity index (χ2v) is 5.51. The van der Waals surface area contributed by atoms with Gasteiger partial charge in [-0.15, -0.1) is 0 Å². The van der Waals surface area contributed by atoms with Gasteiger partial charge in [-0.25, -0.2) is 13.2 Å². The number of benzene rings is 2. The molecule has 0 bridgehead atoms. The van der Waals surface area contributed by atoms with E-state index in [-0.39, 0.29) is 5.56 Å². The fourth-order valence-corrected chi connectivity index (χ4v) is 2.25. The van der Waals surface area contributed by atoms with Gasteiger partial charge >= 0.3 is 0 Å². The van der Waals surface area contributed by atoms with E-state index in [4.69, 9.17) is 11.6 Å². The molecule has 21 heavy (non-hydrogen) atoms. The van der Waals surface area contributed by atoms with E-state index in [0.717, 1.165) is 17.7 Å². The number of rotatable bonds is 4. The second kappa shape index (κ2) is 6.50. The summed E-state index contributed by atoms with van der Waals surface area (Å²) in [4.78, 5) is 0. The summed E-state index contributed by atoms with van der Waals surface area (Å²) in [5.41, 5.74) is 1.63. The highest BCUT2D eigenvalue weighted by Gasteiger charge is 2.13. The van der Waals surface area contributed by atoms with Crippen LogP contribution >= 0.6 is 11.6 Å². The maximum atomic E-state index is 13.3. The zero-order valence-corrected chi connectivity index (χ0v) is 12.4. The summed E-state index contributed by atoms with van der Waals surface area (Å²) in [5.74, 6) is -3.94. The largest absolute Gasteiger partial charge is 0.310 e. The van der Waals surface area contributed by atoms with E-state index in [0.29, 0.717) is 23.2 Å². The van der Waals surface area contributed by atoms with E-state index in [1.165, 1.54) is 0 Å². The molecule has 0 saturated heterocycles. The minimum absolute atomic E-state index is 0.208. The predicted molar refractivity (Wildman–Crippen MR) is 78.7 cm³/mol. The van der Waals surface area contributed by atoms with Gasteiger partial charge in [-0.2, -0.15) is 0 Å². The monoisotopic (exact) mass is 313 g/mol. The van der Waals surface area contributed by atoms with E-state index in [1.54, 1.807) is 12.1 Å². The van der Waals surface area contributed by atoms with E-state index < -0.39 is 17.5 Å². The maximum absolute atomic E-state index is 13.3. The first-order valence-electron chi connectivity index (χ1n) is 6.55. The Morgan fingerprint density at radius 1 is 1.05 bits per heavy atom. The molecule has 0 spiro atoms. The minimum Gasteiger partial charge on any atom is -0.310 e. The summed E-state index contributed by atoms with van der Waals surface area (Å²) in [6.45, 7) is 4.70. The molecule has 0 atom stereocenters. The number of hydrogen-bond donors (Lipinski definition) is 1. The third kappa shape index (κ3) is 3.77. The molecule has 0 aliphatic heterocycles. The number of hydrogen-bond acceptors (Lipinski definition) is 1. The maximum Gasteiger partial charge on any atom is 0.194 e. The van der Waals surface area contributed by atoms with E-state index in [1.807, 2.05) is 19.9 Å². The highest BCUT2D eigenvalue weighted by molar-refractivity contribution is 6.33. The van der Waals surface area contributed by atoms with Gasteiger partial charge in [0.1, 0.15) is 0 Å². The summed E-state index contributed by atoms with van der Waals surface area (Å²) in [5, 5.41) is 3.61. The standard InChI is InChI=1S/C16H15ClF3N/c1-9(2)21-8-10-3-4-12(13(17)5-10)11-6-14(18)16(20)15(19)7-11/h3-7,9,21H,8H2,1-2H3. The van der Waals surface area contributed by atoms with Crippen LogP contribution in [0.25, 0.3) is 11.1 Å². The van der Waals surface area contributed by atoms with E-state index >= 15 is 0 Å². The first kappa shape index (κ1) is 15.9. The van der Waals surface area contributed by atoms with Crippen molar-refractivity contribution in [2.45, 2.75) is 26.4 Å². The molecular weight excluding hydrogens is 299 g/mol. The Morgan fingerprint density at radius 3 is 2.19 bits per heavy atom. The van der Waals surface area contributed by atoms with Crippen LogP contribution < -0.4 is 5.32 Å². The molecule has 0 fully saturated rings. The van der Waals surface area contributed by atoms with Crippen molar-refractivity contribution < 1.29 is 13.2 Å². The first-order chi connectivity index (χ1) is 9.88. The van der Waals surface area contributed by atoms with Crippen molar-refractivity contribution in [2.24, 2.45) is 0 Å². The van der Waals surface area contributed by atoms with Crippen molar-refractivity contribution in [1.82, 2.24) is 5.32 Å². The van der Waals surface area contributed by atoms with Crippen LogP contribution in [0, 0.1) is 17.5 Å². The Bertz CT molecular complexity index is 633. The van der Waals surface area contributed by atoms with Gasteiger partial charge in [-0.3, -0.25) is 0 Å². The lowest BCUT2D eigenvalue weighted by molar-refractivity contribution is 0.448. The van der Waals surface area contributed by atoms with Gasteiger partial charge in [0.15, 0.2) is 17.5 Å². The summed E-state index contributed by atoms with van der Waals surface area (Å²) in [6.07, 6.45) is 0. The van der Waals surface area contributed by atoms with Crippen LogP contribution in [0.3, 0.4) is 0 Å². The summed E-state index contributed by atoms with van der Waals surface area (Å²) >= 11 is 6.16. The van der Waals surface area contributed by atoms with Gasteiger partial charge in [0.25, 0.3) is 0 Å². The van der Waals surface area contributed by atoms with Crippen molar-refractivity contribution in [3.8, 4) is 11.1 Å². The molecule has 0 aliphatic rings. The Kier molecular flexibility index (Phi) is 4.91. The topological polar surface area (TPSA) is 12.0 Å². The van der Waals surface area contributed by atoms with Crippen LogP contribution in [0.4, 0.5) is 13.2 Å². The second-order valence-electron chi connectivity index (χ2n) is 5.10. The summed E-state index contributed by atoms with van der Waals surface area (Å²) < 4.78 is 39.5. The molecule has 0 aliphatic carbocycles. The van der Waals surface area contributed by atoms with Crippen LogP contribution in [-0.4, -0.2) is 6.04 Å². The molecule has 1 N–H and O–H groups in total. The van der Waals surface area contributed by atoms with Gasteiger partial charge in [0, 0.05) is 23.2 Å². The van der Waals surface area contributed by atoms with Crippen LogP contribution in [0.1, 0.15) is 19.4 Å². The van der Waals surface area contributed by atoms with Crippen LogP contribution in [0.5, 0.6) is 0 Å². The number of nitrogens with one attached hydrogen (secondary N) is 1. The van der Waals surface area contributed by atoms with Gasteiger partial charge < -0.3 is 5.32 Å². The summed E-state index contributed by atoms with van der Waals surface area (Å²) in [6, 6.07) is 7.42. The Morgan fingerprint density at radius 2 is 1.67 bits per heavy atom. The SMILES string of the molecule is CC(C)NCc1ccc(-c2cc(F)c(F)c(F)c2)c(Cl)c1. The van der Waals surface area contributed by atoms with Gasteiger partial charge in [0.05, 0.1) is 0 Å². The minimum atomic E-state index is -1.48. The molecule has 2 aromatic carbocycles. The molecule has 0 heterocycles. The summed E-state index contributed by atoms with van der Waals surface area (Å²) in [7, 11) is 0. The molecule has 2 rings (SSSR count). The van der Waals surface area contributed by atoms with Crippen molar-refractivity contribution in [3.05, 3.63) is 58.4 Å². The van der Waals surface area contributed by atoms with Gasteiger partial charge in [-0.05, 0) is 29.3 Å². The fraction of sp³-hybridized carbons (Fsp3) is 0.250. The molecule has 0 unspecified atom stereocenters. The molecule has 0 amide bonds. The van der Waals surface area contributed by atoms with E-state index in [9.17, 15) is 13.2 Å². The quantitative estimate of drug-likeness (QED) is 0.790. The molecule has 112 valence electrons. The highest BCUT2D eigenvalue weighted by atomic mass is 35.5. The van der Waals surface area contributed by atoms with Crippen molar-refractivity contribution >= 4 is 11.6 Å². The molecule has 0 saturated carbocycles. The van der Waals surface area contributed by atoms with Gasteiger partial charge in [0.2, 0.25) is 0 Å². The fourth-order valence-electron chi connectivity index (χ4n) is 1.94. The van der Waals surface area contributed by atoms with Crippen molar-refractivity contribution in [1.29, 1.82) is 0 Å². The van der Waals surface area contributed by atoms with Crippen molar-refractivity contribution in [2.75, 3.05) is 0 Å². The normalized spacial score (nSPS) is 11.2. The highest BCUT2D eigenvalue weighted by Crippen LogP contribution is 2.30. The lowest BCUT2D eigenvalue weighted by Gasteiger charge is -2.11. The average molecular weight is 314 g/mol. The molecular formula is C16H15ClF3N. The van der Waals surface area contributed by atoms with Crippen LogP contribution in [0.15, 0.2) is 30.3 Å². The van der Waals surface area contributed by atoms with E-state index in [2.05, 4.69) is 5.32 Å².